The Balaban J connectivity index is 3.23. The van der Waals surface area contributed by atoms with Crippen molar-refractivity contribution in [2.45, 2.75) is 6.10 Å². The van der Waals surface area contributed by atoms with Crippen LogP contribution in [0.1, 0.15) is 15.8 Å². The third kappa shape index (κ3) is 2.22. The van der Waals surface area contributed by atoms with Crippen LogP contribution in [0.3, 0.4) is 0 Å². The molecular formula is C9H13NO2. The number of aliphatic hydroxyl groups is 1. The normalized spacial score (nSPS) is 16.3. The number of hydrogen-bond acceptors (Lipinski definition) is 3. The van der Waals surface area contributed by atoms with Crippen LogP contribution in [0.15, 0.2) is 24.2 Å². The molecular weight excluding hydrogens is 154 g/mol. The molecule has 0 fully saturated rings. The van der Waals surface area contributed by atoms with Gasteiger partial charge in [0, 0.05) is 6.54 Å². The van der Waals surface area contributed by atoms with Crippen LogP contribution in [0.2, 0.25) is 0 Å². The Morgan fingerprint density at radius 2 is 2.42 bits per heavy atom. The number of aromatic hydroxyl groups is 1. The predicted octanol–water partition coefficient (Wildman–Crippen LogP) is 0.645. The number of phenols is 1. The fourth-order valence-corrected chi connectivity index (χ4v) is 0.857. The minimum atomic E-state index is -1.03. The van der Waals surface area contributed by atoms with Crippen molar-refractivity contribution in [1.29, 1.82) is 0 Å². The molecule has 1 aromatic rings. The summed E-state index contributed by atoms with van der Waals surface area (Å²) in [6, 6.07) is 0.382. The molecule has 66 valence electrons. The number of benzene rings is 1. The molecule has 0 heterocycles. The van der Waals surface area contributed by atoms with E-state index in [0.717, 1.165) is 6.07 Å². The zero-order valence-electron chi connectivity index (χ0n) is 9.76. The van der Waals surface area contributed by atoms with Crippen LogP contribution in [0, 0.1) is 0 Å². The van der Waals surface area contributed by atoms with Gasteiger partial charge in [0.2, 0.25) is 0 Å². The second-order valence-corrected chi connectivity index (χ2v) is 2.39. The third-order valence-corrected chi connectivity index (χ3v) is 1.42. The van der Waals surface area contributed by atoms with Gasteiger partial charge in [0.05, 0.1) is 10.2 Å². The Kier molecular flexibility index (Phi) is 1.90. The summed E-state index contributed by atoms with van der Waals surface area (Å²) in [6.07, 6.45) is -1.03. The van der Waals surface area contributed by atoms with Gasteiger partial charge in [-0.3, -0.25) is 0 Å². The monoisotopic (exact) mass is 170 g/mol. The number of likely N-dealkylation sites (N-methyl/N-ethyl adjacent to an activating group) is 1. The van der Waals surface area contributed by atoms with E-state index in [0.29, 0.717) is 0 Å². The molecule has 0 aliphatic rings. The first-order valence-corrected chi connectivity index (χ1v) is 3.61. The molecule has 1 atom stereocenters. The summed E-state index contributed by atoms with van der Waals surface area (Å²) in [6.45, 7) is 0.189. The maximum absolute atomic E-state index is 9.62. The lowest BCUT2D eigenvalue weighted by Gasteiger charge is -2.09. The van der Waals surface area contributed by atoms with Crippen molar-refractivity contribution in [3.8, 4) is 5.75 Å². The van der Waals surface area contributed by atoms with Crippen LogP contribution >= 0.6 is 0 Å². The molecule has 1 aromatic carbocycles. The van der Waals surface area contributed by atoms with Gasteiger partial charge in [-0.15, -0.1) is 0 Å². The van der Waals surface area contributed by atoms with Gasteiger partial charge in [-0.25, -0.2) is 0 Å². The highest BCUT2D eigenvalue weighted by Gasteiger charge is 2.05. The van der Waals surface area contributed by atoms with Gasteiger partial charge in [0.25, 0.3) is 0 Å². The molecule has 0 amide bonds. The van der Waals surface area contributed by atoms with Crippen LogP contribution in [0.25, 0.3) is 0 Å². The van der Waals surface area contributed by atoms with E-state index in [1.54, 1.807) is 7.05 Å². The number of hydrogen-bond donors (Lipinski definition) is 3. The average Bonchev–Trinajstić information content (AvgIpc) is 2.15. The summed E-state index contributed by atoms with van der Waals surface area (Å²) in [5.41, 5.74) is 0.0397. The summed E-state index contributed by atoms with van der Waals surface area (Å²) in [5.74, 6) is -0.504. The lowest BCUT2D eigenvalue weighted by Crippen LogP contribution is -2.16. The van der Waals surface area contributed by atoms with Gasteiger partial charge in [0.1, 0.15) is 5.75 Å². The molecule has 3 nitrogen and oxygen atoms in total. The van der Waals surface area contributed by atoms with Gasteiger partial charge >= 0.3 is 0 Å². The van der Waals surface area contributed by atoms with E-state index in [-0.39, 0.29) is 30.2 Å². The first kappa shape index (κ1) is 5.56. The van der Waals surface area contributed by atoms with Gasteiger partial charge in [-0.05, 0) is 24.7 Å². The first-order chi connectivity index (χ1) is 6.99. The summed E-state index contributed by atoms with van der Waals surface area (Å²) >= 11 is 0. The van der Waals surface area contributed by atoms with Crippen LogP contribution < -0.4 is 5.32 Å². The quantitative estimate of drug-likeness (QED) is 0.624. The highest BCUT2D eigenvalue weighted by molar-refractivity contribution is 5.28. The highest BCUT2D eigenvalue weighted by Crippen LogP contribution is 2.17. The zero-order valence-corrected chi connectivity index (χ0v) is 6.76. The second-order valence-electron chi connectivity index (χ2n) is 2.39. The minimum absolute atomic E-state index is 0.0397. The molecule has 0 saturated heterocycles. The summed E-state index contributed by atoms with van der Waals surface area (Å²) in [5, 5.41) is 21.7. The third-order valence-electron chi connectivity index (χ3n) is 1.42. The minimum Gasteiger partial charge on any atom is -0.508 e. The maximum Gasteiger partial charge on any atom is 0.115 e. The summed E-state index contributed by atoms with van der Waals surface area (Å²) < 4.78 is 22.3. The van der Waals surface area contributed by atoms with Gasteiger partial charge in [0.15, 0.2) is 0 Å². The zero-order chi connectivity index (χ0) is 11.6. The predicted molar refractivity (Wildman–Crippen MR) is 47.0 cm³/mol. The molecule has 0 aromatic heterocycles. The van der Waals surface area contributed by atoms with E-state index in [9.17, 15) is 10.2 Å². The van der Waals surface area contributed by atoms with Gasteiger partial charge < -0.3 is 15.5 Å². The molecule has 0 saturated carbocycles. The summed E-state index contributed by atoms with van der Waals surface area (Å²) in [7, 11) is 1.63. The summed E-state index contributed by atoms with van der Waals surface area (Å²) in [4.78, 5) is 0. The van der Waals surface area contributed by atoms with Crippen LogP contribution in [0.5, 0.6) is 5.75 Å². The van der Waals surface area contributed by atoms with Crippen molar-refractivity contribution >= 4 is 0 Å². The maximum atomic E-state index is 9.62. The van der Waals surface area contributed by atoms with E-state index in [4.69, 9.17) is 4.11 Å². The number of rotatable bonds is 3. The standard InChI is InChI=1S/C9H13NO2/c1-10-6-9(12)7-3-2-4-8(11)5-7/h2-5,9-12H,6H2,1H3/t9-/m0/s1/i3D,4D,5D. The fraction of sp³-hybridized carbons (Fsp3) is 0.333. The van der Waals surface area contributed by atoms with E-state index in [1.807, 2.05) is 0 Å². The van der Waals surface area contributed by atoms with Crippen LogP contribution in [-0.2, 0) is 0 Å². The van der Waals surface area contributed by atoms with Gasteiger partial charge in [-0.2, -0.15) is 0 Å². The van der Waals surface area contributed by atoms with E-state index in [1.165, 1.54) is 0 Å². The molecule has 1 rings (SSSR count). The molecule has 3 heteroatoms. The van der Waals surface area contributed by atoms with E-state index in [2.05, 4.69) is 5.32 Å². The Morgan fingerprint density at radius 1 is 1.67 bits per heavy atom. The van der Waals surface area contributed by atoms with E-state index < -0.39 is 11.9 Å². The molecule has 0 radical (unpaired) electrons. The lowest BCUT2D eigenvalue weighted by molar-refractivity contribution is 0.177. The van der Waals surface area contributed by atoms with Crippen molar-refractivity contribution in [3.05, 3.63) is 29.8 Å². The van der Waals surface area contributed by atoms with Crippen LogP contribution in [0.4, 0.5) is 0 Å². The van der Waals surface area contributed by atoms with Crippen molar-refractivity contribution in [3.63, 3.8) is 0 Å². The highest BCUT2D eigenvalue weighted by atomic mass is 16.3. The van der Waals surface area contributed by atoms with Crippen molar-refractivity contribution in [2.75, 3.05) is 13.6 Å². The van der Waals surface area contributed by atoms with Crippen molar-refractivity contribution in [1.82, 2.24) is 5.32 Å². The molecule has 0 unspecified atom stereocenters. The molecule has 12 heavy (non-hydrogen) atoms. The fourth-order valence-electron chi connectivity index (χ4n) is 0.857. The Morgan fingerprint density at radius 3 is 3.08 bits per heavy atom. The largest absolute Gasteiger partial charge is 0.508 e. The van der Waals surface area contributed by atoms with Crippen molar-refractivity contribution < 1.29 is 14.3 Å². The number of nitrogens with one attached hydrogen (secondary N) is 1. The van der Waals surface area contributed by atoms with Gasteiger partial charge in [-0.1, -0.05) is 12.1 Å². The van der Waals surface area contributed by atoms with Crippen LogP contribution in [-0.4, -0.2) is 23.8 Å². The second kappa shape index (κ2) is 4.09. The number of aliphatic hydroxyl groups excluding tert-OH is 1. The average molecular weight is 170 g/mol. The smallest absolute Gasteiger partial charge is 0.115 e. The van der Waals surface area contributed by atoms with Crippen molar-refractivity contribution in [2.24, 2.45) is 0 Å². The topological polar surface area (TPSA) is 52.5 Å². The molecule has 0 aliphatic heterocycles. The molecule has 0 aliphatic carbocycles. The van der Waals surface area contributed by atoms with E-state index >= 15 is 0 Å². The Bertz CT molecular complexity index is 371. The SMILES string of the molecule is [2H]c1cc([2H])c([C@@H](O)CNC)c([2H])c1O. The first-order valence-electron chi connectivity index (χ1n) is 5.11. The Labute approximate surface area is 75.9 Å². The molecule has 0 spiro atoms. The molecule has 0 bridgehead atoms. The Hall–Kier alpha value is -1.06. The molecule has 3 N–H and O–H groups in total. The number of phenolic OH excluding ortho intramolecular Hbond substituents is 1. The lowest BCUT2D eigenvalue weighted by atomic mass is 10.1.